The third-order valence-corrected chi connectivity index (χ3v) is 5.95. The van der Waals surface area contributed by atoms with E-state index in [1.54, 1.807) is 6.92 Å². The number of amides is 1. The molecule has 1 rings (SSSR count). The number of aliphatic hydroxyl groups excluding tert-OH is 1. The van der Waals surface area contributed by atoms with E-state index >= 15 is 0 Å². The second kappa shape index (κ2) is 14.4. The zero-order valence-corrected chi connectivity index (χ0v) is 22.5. The van der Waals surface area contributed by atoms with Gasteiger partial charge in [-0.3, -0.25) is 4.79 Å². The molecule has 0 radical (unpaired) electrons. The van der Waals surface area contributed by atoms with Crippen molar-refractivity contribution in [2.24, 2.45) is 10.4 Å². The molecule has 1 heterocycles. The third kappa shape index (κ3) is 10.9. The summed E-state index contributed by atoms with van der Waals surface area (Å²) >= 11 is 0. The number of allylic oxidation sites excluding steroid dienone is 5. The second-order valence-electron chi connectivity index (χ2n) is 10.7. The van der Waals surface area contributed by atoms with Gasteiger partial charge >= 0.3 is 0 Å². The average Bonchev–Trinajstić information content (AvgIpc) is 3.18. The number of aliphatic imine (C=N–C) groups is 1. The Kier molecular flexibility index (Phi) is 12.7. The summed E-state index contributed by atoms with van der Waals surface area (Å²) in [6.07, 6.45) is 9.59. The van der Waals surface area contributed by atoms with E-state index in [-0.39, 0.29) is 17.4 Å². The molecule has 1 aliphatic heterocycles. The van der Waals surface area contributed by atoms with E-state index in [9.17, 15) is 14.7 Å². The summed E-state index contributed by atoms with van der Waals surface area (Å²) in [7, 11) is 0. The van der Waals surface area contributed by atoms with Crippen molar-refractivity contribution < 1.29 is 14.7 Å². The molecule has 0 aliphatic carbocycles. The van der Waals surface area contributed by atoms with Crippen molar-refractivity contribution >= 4 is 18.0 Å². The lowest BCUT2D eigenvalue weighted by Crippen LogP contribution is -2.52. The number of hydrogen-bond acceptors (Lipinski definition) is 4. The molecule has 0 bridgehead atoms. The molecular weight excluding hydrogens is 426 g/mol. The highest BCUT2D eigenvalue weighted by molar-refractivity contribution is 5.95. The number of aldehydes is 1. The molecule has 6 heteroatoms. The normalized spacial score (nSPS) is 18.9. The molecule has 0 aromatic rings. The Hall–Kier alpha value is -2.05. The summed E-state index contributed by atoms with van der Waals surface area (Å²) in [5.41, 5.74) is 3.27. The van der Waals surface area contributed by atoms with Gasteiger partial charge in [0.2, 0.25) is 5.91 Å². The molecule has 1 saturated heterocycles. The van der Waals surface area contributed by atoms with Crippen LogP contribution in [0.2, 0.25) is 0 Å². The molecule has 0 saturated carbocycles. The van der Waals surface area contributed by atoms with Gasteiger partial charge in [-0.25, -0.2) is 4.99 Å². The largest absolute Gasteiger partial charge is 0.391 e. The van der Waals surface area contributed by atoms with Gasteiger partial charge < -0.3 is 20.1 Å². The molecule has 0 aromatic carbocycles. The van der Waals surface area contributed by atoms with Crippen LogP contribution in [0.4, 0.5) is 0 Å². The topological polar surface area (TPSA) is 82.0 Å². The number of carbonyl (C=O) groups excluding carboxylic acids is 2. The minimum atomic E-state index is -0.877. The van der Waals surface area contributed by atoms with Crippen molar-refractivity contribution in [2.45, 2.75) is 105 Å². The average molecular weight is 474 g/mol. The van der Waals surface area contributed by atoms with Gasteiger partial charge in [0.25, 0.3) is 0 Å². The van der Waals surface area contributed by atoms with Gasteiger partial charge in [0, 0.05) is 25.9 Å². The first-order valence-electron chi connectivity index (χ1n) is 12.6. The van der Waals surface area contributed by atoms with E-state index in [1.807, 2.05) is 4.90 Å². The van der Waals surface area contributed by atoms with Crippen LogP contribution < -0.4 is 5.32 Å². The van der Waals surface area contributed by atoms with Crippen LogP contribution in [0.5, 0.6) is 0 Å². The van der Waals surface area contributed by atoms with Gasteiger partial charge in [-0.15, -0.1) is 0 Å². The Morgan fingerprint density at radius 1 is 1.26 bits per heavy atom. The predicted octanol–water partition coefficient (Wildman–Crippen LogP) is 4.99. The monoisotopic (exact) mass is 473 g/mol. The maximum Gasteiger partial charge on any atom is 0.244 e. The van der Waals surface area contributed by atoms with Gasteiger partial charge in [0.1, 0.15) is 18.2 Å². The van der Waals surface area contributed by atoms with E-state index in [1.165, 1.54) is 18.1 Å². The molecule has 0 spiro atoms. The highest BCUT2D eigenvalue weighted by Crippen LogP contribution is 2.33. The van der Waals surface area contributed by atoms with Crippen molar-refractivity contribution in [3.63, 3.8) is 0 Å². The Morgan fingerprint density at radius 3 is 2.41 bits per heavy atom. The van der Waals surface area contributed by atoms with Crippen molar-refractivity contribution in [1.82, 2.24) is 10.2 Å². The Bertz CT molecular complexity index is 783. The van der Waals surface area contributed by atoms with Gasteiger partial charge in [0.05, 0.1) is 6.10 Å². The Morgan fingerprint density at radius 2 is 1.94 bits per heavy atom. The Balaban J connectivity index is 3.32. The number of rotatable bonds is 13. The van der Waals surface area contributed by atoms with Crippen LogP contribution in [-0.2, 0) is 9.59 Å². The van der Waals surface area contributed by atoms with Crippen molar-refractivity contribution in [2.75, 3.05) is 13.1 Å². The molecule has 2 N–H and O–H groups in total. The van der Waals surface area contributed by atoms with Crippen LogP contribution in [-0.4, -0.2) is 59.3 Å². The lowest BCUT2D eigenvalue weighted by atomic mass is 9.80. The number of aliphatic hydroxyl groups is 1. The maximum atomic E-state index is 12.1. The van der Waals surface area contributed by atoms with E-state index < -0.39 is 12.1 Å². The summed E-state index contributed by atoms with van der Waals surface area (Å²) in [5, 5.41) is 13.8. The number of carbonyl (C=O) groups is 2. The quantitative estimate of drug-likeness (QED) is 0.170. The van der Waals surface area contributed by atoms with Crippen LogP contribution >= 0.6 is 0 Å². The minimum Gasteiger partial charge on any atom is -0.391 e. The zero-order chi connectivity index (χ0) is 25.9. The summed E-state index contributed by atoms with van der Waals surface area (Å²) < 4.78 is 0. The Labute approximate surface area is 207 Å². The number of nitrogens with one attached hydrogen (secondary N) is 1. The SMILES string of the molecule is C=C(/C=C(\C=C(C)C)CC(C)(C)CC(=NC(C)=O)N(CC1CCCN1)C(C=O)C(C)O)CCC. The summed E-state index contributed by atoms with van der Waals surface area (Å²) in [6.45, 7) is 19.3. The van der Waals surface area contributed by atoms with Crippen LogP contribution in [0, 0.1) is 5.41 Å². The van der Waals surface area contributed by atoms with E-state index in [4.69, 9.17) is 0 Å². The number of hydrogen-bond donors (Lipinski definition) is 2. The first kappa shape index (κ1) is 30.0. The maximum absolute atomic E-state index is 12.1. The fraction of sp³-hybridized carbons (Fsp3) is 0.679. The van der Waals surface area contributed by atoms with Crippen molar-refractivity contribution in [3.05, 3.63) is 35.5 Å². The highest BCUT2D eigenvalue weighted by atomic mass is 16.3. The summed E-state index contributed by atoms with van der Waals surface area (Å²) in [5.74, 6) is 0.259. The lowest BCUT2D eigenvalue weighted by Gasteiger charge is -2.38. The summed E-state index contributed by atoms with van der Waals surface area (Å²) in [4.78, 5) is 30.4. The lowest BCUT2D eigenvalue weighted by molar-refractivity contribution is -0.116. The van der Waals surface area contributed by atoms with Crippen LogP contribution in [0.25, 0.3) is 0 Å². The van der Waals surface area contributed by atoms with Crippen molar-refractivity contribution in [1.29, 1.82) is 0 Å². The molecule has 1 aliphatic rings. The highest BCUT2D eigenvalue weighted by Gasteiger charge is 2.33. The number of nitrogens with zero attached hydrogens (tertiary/aromatic N) is 2. The molecule has 6 nitrogen and oxygen atoms in total. The fourth-order valence-electron chi connectivity index (χ4n) is 4.60. The molecule has 1 amide bonds. The van der Waals surface area contributed by atoms with E-state index in [0.29, 0.717) is 18.8 Å². The molecular formula is C28H47N3O3. The van der Waals surface area contributed by atoms with Crippen LogP contribution in [0.3, 0.4) is 0 Å². The molecule has 1 fully saturated rings. The third-order valence-electron chi connectivity index (χ3n) is 5.95. The van der Waals surface area contributed by atoms with Gasteiger partial charge in [-0.05, 0) is 64.0 Å². The van der Waals surface area contributed by atoms with Crippen molar-refractivity contribution in [3.8, 4) is 0 Å². The molecule has 3 unspecified atom stereocenters. The smallest absolute Gasteiger partial charge is 0.244 e. The molecule has 0 aromatic heterocycles. The minimum absolute atomic E-state index is 0.194. The van der Waals surface area contributed by atoms with Gasteiger partial charge in [-0.2, -0.15) is 0 Å². The van der Waals surface area contributed by atoms with E-state index in [2.05, 4.69) is 63.7 Å². The van der Waals surface area contributed by atoms with Gasteiger partial charge in [-0.1, -0.05) is 57.1 Å². The van der Waals surface area contributed by atoms with Crippen LogP contribution in [0.1, 0.15) is 87.0 Å². The molecule has 3 atom stereocenters. The number of amidine groups is 1. The van der Waals surface area contributed by atoms with E-state index in [0.717, 1.165) is 50.5 Å². The standard InChI is InChI=1S/C28H47N3O3/c1-9-11-21(4)15-24(14-20(2)3)16-28(7,8)17-27(30-23(6)34)31(26(19-32)22(5)33)18-25-12-10-13-29-25/h14-15,19,22,25-26,29,33H,4,9-13,16-18H2,1-3,5-8H3/b24-15+,30-27?. The fourth-order valence-corrected chi connectivity index (χ4v) is 4.60. The first-order chi connectivity index (χ1) is 15.9. The predicted molar refractivity (Wildman–Crippen MR) is 142 cm³/mol. The van der Waals surface area contributed by atoms with Gasteiger partial charge in [0.15, 0.2) is 0 Å². The summed E-state index contributed by atoms with van der Waals surface area (Å²) in [6, 6.07) is -0.562. The first-order valence-corrected chi connectivity index (χ1v) is 12.6. The molecule has 192 valence electrons. The molecule has 34 heavy (non-hydrogen) atoms. The van der Waals surface area contributed by atoms with Crippen LogP contribution in [0.15, 0.2) is 40.4 Å². The zero-order valence-electron chi connectivity index (χ0n) is 22.5. The second-order valence-corrected chi connectivity index (χ2v) is 10.7.